The predicted octanol–water partition coefficient (Wildman–Crippen LogP) is 2.25. The Bertz CT molecular complexity index is 245. The third kappa shape index (κ3) is 1.57. The molecule has 0 amide bonds. The second-order valence-corrected chi connectivity index (χ2v) is 2.33. The fraction of sp³-hybridized carbons (Fsp3) is 0.167. The van der Waals surface area contributed by atoms with E-state index < -0.39 is 6.43 Å². The maximum Gasteiger partial charge on any atom is 0.267 e. The monoisotopic (exact) mass is 178 g/mol. The molecule has 0 bridgehead atoms. The Balaban J connectivity index is 3.21. The van der Waals surface area contributed by atoms with Gasteiger partial charge >= 0.3 is 0 Å². The molecular formula is C6H5ClF2N2. The van der Waals surface area contributed by atoms with Gasteiger partial charge in [-0.25, -0.2) is 8.78 Å². The van der Waals surface area contributed by atoms with Crippen LogP contribution in [-0.2, 0) is 0 Å². The van der Waals surface area contributed by atoms with Gasteiger partial charge in [-0.05, 0) is 0 Å². The summed E-state index contributed by atoms with van der Waals surface area (Å²) in [5.74, 6) is 0. The van der Waals surface area contributed by atoms with Crippen LogP contribution in [-0.4, -0.2) is 4.98 Å². The summed E-state index contributed by atoms with van der Waals surface area (Å²) in [6, 6.07) is 0. The third-order valence-corrected chi connectivity index (χ3v) is 1.49. The normalized spacial score (nSPS) is 10.5. The summed E-state index contributed by atoms with van der Waals surface area (Å²) in [7, 11) is 0. The number of anilines is 1. The molecule has 1 rings (SSSR count). The molecule has 11 heavy (non-hydrogen) atoms. The summed E-state index contributed by atoms with van der Waals surface area (Å²) in [5.41, 5.74) is 4.77. The van der Waals surface area contributed by atoms with Gasteiger partial charge in [0.15, 0.2) is 0 Å². The highest BCUT2D eigenvalue weighted by Crippen LogP contribution is 2.30. The molecule has 0 aromatic carbocycles. The quantitative estimate of drug-likeness (QED) is 0.717. The molecule has 2 N–H and O–H groups in total. The van der Waals surface area contributed by atoms with Crippen molar-refractivity contribution in [2.45, 2.75) is 6.43 Å². The average molecular weight is 179 g/mol. The highest BCUT2D eigenvalue weighted by Gasteiger charge is 2.14. The molecule has 0 aliphatic heterocycles. The topological polar surface area (TPSA) is 38.9 Å². The summed E-state index contributed by atoms with van der Waals surface area (Å²) in [6.45, 7) is 0. The first-order chi connectivity index (χ1) is 5.13. The van der Waals surface area contributed by atoms with Crippen LogP contribution >= 0.6 is 11.6 Å². The van der Waals surface area contributed by atoms with Crippen LogP contribution in [0.25, 0.3) is 0 Å². The zero-order chi connectivity index (χ0) is 8.43. The molecule has 2 nitrogen and oxygen atoms in total. The Morgan fingerprint density at radius 3 is 2.45 bits per heavy atom. The molecule has 1 aromatic heterocycles. The summed E-state index contributed by atoms with van der Waals surface area (Å²) >= 11 is 5.40. The zero-order valence-electron chi connectivity index (χ0n) is 5.39. The van der Waals surface area contributed by atoms with E-state index in [0.29, 0.717) is 0 Å². The lowest BCUT2D eigenvalue weighted by atomic mass is 10.2. The second kappa shape index (κ2) is 3.00. The van der Waals surface area contributed by atoms with Gasteiger partial charge in [-0.2, -0.15) is 0 Å². The standard InChI is InChI=1S/C6H5ClF2N2/c7-3-1-11-2-4(10)5(3)6(8)9/h1-2,6H,10H2. The van der Waals surface area contributed by atoms with Gasteiger partial charge in [-0.1, -0.05) is 11.6 Å². The number of pyridine rings is 1. The highest BCUT2D eigenvalue weighted by molar-refractivity contribution is 6.31. The molecule has 0 saturated heterocycles. The molecule has 0 radical (unpaired) electrons. The van der Waals surface area contributed by atoms with Crippen molar-refractivity contribution in [2.24, 2.45) is 0 Å². The van der Waals surface area contributed by atoms with Gasteiger partial charge in [0, 0.05) is 6.20 Å². The Morgan fingerprint density at radius 1 is 1.45 bits per heavy atom. The van der Waals surface area contributed by atoms with Crippen molar-refractivity contribution < 1.29 is 8.78 Å². The molecule has 0 spiro atoms. The van der Waals surface area contributed by atoms with Crippen LogP contribution in [0.1, 0.15) is 12.0 Å². The van der Waals surface area contributed by atoms with E-state index in [1.54, 1.807) is 0 Å². The fourth-order valence-electron chi connectivity index (χ4n) is 0.690. The van der Waals surface area contributed by atoms with E-state index in [-0.39, 0.29) is 16.3 Å². The minimum atomic E-state index is -2.65. The number of hydrogen-bond donors (Lipinski definition) is 1. The minimum absolute atomic E-state index is 0.0764. The molecule has 1 aromatic rings. The van der Waals surface area contributed by atoms with Crippen LogP contribution in [0.3, 0.4) is 0 Å². The summed E-state index contributed by atoms with van der Waals surface area (Å²) in [5, 5.41) is -0.0972. The van der Waals surface area contributed by atoms with E-state index in [2.05, 4.69) is 4.98 Å². The first kappa shape index (κ1) is 8.20. The third-order valence-electron chi connectivity index (χ3n) is 1.19. The largest absolute Gasteiger partial charge is 0.397 e. The fourth-order valence-corrected chi connectivity index (χ4v) is 0.938. The van der Waals surface area contributed by atoms with E-state index in [1.807, 2.05) is 0 Å². The summed E-state index contributed by atoms with van der Waals surface area (Å²) in [4.78, 5) is 3.54. The highest BCUT2D eigenvalue weighted by atomic mass is 35.5. The van der Waals surface area contributed by atoms with E-state index in [4.69, 9.17) is 17.3 Å². The first-order valence-electron chi connectivity index (χ1n) is 2.80. The molecule has 1 heterocycles. The van der Waals surface area contributed by atoms with Crippen molar-refractivity contribution in [3.63, 3.8) is 0 Å². The Kier molecular flexibility index (Phi) is 2.24. The summed E-state index contributed by atoms with van der Waals surface area (Å²) in [6.07, 6.45) is -0.363. The minimum Gasteiger partial charge on any atom is -0.397 e. The molecule has 0 unspecified atom stereocenters. The second-order valence-electron chi connectivity index (χ2n) is 1.92. The maximum atomic E-state index is 12.1. The number of hydrogen-bond acceptors (Lipinski definition) is 2. The SMILES string of the molecule is Nc1cncc(Cl)c1C(F)F. The van der Waals surface area contributed by atoms with Gasteiger partial charge in [0.1, 0.15) is 0 Å². The predicted molar refractivity (Wildman–Crippen MR) is 38.6 cm³/mol. The van der Waals surface area contributed by atoms with Crippen LogP contribution in [0, 0.1) is 0 Å². The first-order valence-corrected chi connectivity index (χ1v) is 3.17. The van der Waals surface area contributed by atoms with Gasteiger partial charge in [0.05, 0.1) is 22.5 Å². The van der Waals surface area contributed by atoms with Gasteiger partial charge in [0.25, 0.3) is 6.43 Å². The lowest BCUT2D eigenvalue weighted by Gasteiger charge is -2.04. The number of rotatable bonds is 1. The van der Waals surface area contributed by atoms with Crippen LogP contribution < -0.4 is 5.73 Å². The van der Waals surface area contributed by atoms with E-state index in [9.17, 15) is 8.78 Å². The van der Waals surface area contributed by atoms with E-state index in [1.165, 1.54) is 0 Å². The van der Waals surface area contributed by atoms with Crippen molar-refractivity contribution in [1.29, 1.82) is 0 Å². The smallest absolute Gasteiger partial charge is 0.267 e. The lowest BCUT2D eigenvalue weighted by Crippen LogP contribution is -1.96. The number of nitrogen functional groups attached to an aromatic ring is 1. The molecule has 5 heteroatoms. The molecule has 0 saturated carbocycles. The van der Waals surface area contributed by atoms with E-state index >= 15 is 0 Å². The molecule has 0 fully saturated rings. The van der Waals surface area contributed by atoms with Gasteiger partial charge in [0.2, 0.25) is 0 Å². The zero-order valence-corrected chi connectivity index (χ0v) is 6.15. The number of aromatic nitrogens is 1. The van der Waals surface area contributed by atoms with Crippen molar-refractivity contribution in [2.75, 3.05) is 5.73 Å². The van der Waals surface area contributed by atoms with Gasteiger partial charge < -0.3 is 5.73 Å². The lowest BCUT2D eigenvalue weighted by molar-refractivity contribution is 0.152. The Morgan fingerprint density at radius 2 is 2.09 bits per heavy atom. The number of nitrogens with zero attached hydrogens (tertiary/aromatic N) is 1. The van der Waals surface area contributed by atoms with Crippen LogP contribution in [0.4, 0.5) is 14.5 Å². The Hall–Kier alpha value is -0.900. The van der Waals surface area contributed by atoms with Crippen molar-refractivity contribution in [3.8, 4) is 0 Å². The van der Waals surface area contributed by atoms with E-state index in [0.717, 1.165) is 12.4 Å². The molecule has 60 valence electrons. The van der Waals surface area contributed by atoms with Gasteiger partial charge in [-0.3, -0.25) is 4.98 Å². The van der Waals surface area contributed by atoms with Crippen LogP contribution in [0.2, 0.25) is 5.02 Å². The van der Waals surface area contributed by atoms with Crippen molar-refractivity contribution >= 4 is 17.3 Å². The van der Waals surface area contributed by atoms with Crippen LogP contribution in [0.15, 0.2) is 12.4 Å². The summed E-state index contributed by atoms with van der Waals surface area (Å²) < 4.78 is 24.2. The number of halogens is 3. The molecule has 0 atom stereocenters. The number of nitrogens with two attached hydrogens (primary N) is 1. The Labute approximate surface area is 67.0 Å². The van der Waals surface area contributed by atoms with Crippen molar-refractivity contribution in [3.05, 3.63) is 23.0 Å². The van der Waals surface area contributed by atoms with Gasteiger partial charge in [-0.15, -0.1) is 0 Å². The van der Waals surface area contributed by atoms with Crippen LogP contribution in [0.5, 0.6) is 0 Å². The molecule has 0 aliphatic carbocycles. The number of alkyl halides is 2. The van der Waals surface area contributed by atoms with Crippen molar-refractivity contribution in [1.82, 2.24) is 4.98 Å². The maximum absolute atomic E-state index is 12.1. The molecular weight excluding hydrogens is 174 g/mol. The molecule has 0 aliphatic rings. The average Bonchev–Trinajstić information content (AvgIpc) is 1.85.